The average molecular weight is 371 g/mol. The van der Waals surface area contributed by atoms with Gasteiger partial charge in [0.05, 0.1) is 36.8 Å². The van der Waals surface area contributed by atoms with Gasteiger partial charge < -0.3 is 19.5 Å². The number of methoxy groups -OCH3 is 2. The number of carbonyl (C=O) groups excluding carboxylic acids is 2. The van der Waals surface area contributed by atoms with Crippen LogP contribution in [0.4, 0.5) is 0 Å². The summed E-state index contributed by atoms with van der Waals surface area (Å²) in [6.45, 7) is 1.16. The highest BCUT2D eigenvalue weighted by atomic mass is 32.2. The maximum absolute atomic E-state index is 12.0. The van der Waals surface area contributed by atoms with Crippen molar-refractivity contribution in [3.05, 3.63) is 23.8 Å². The first-order valence-electron chi connectivity index (χ1n) is 7.59. The summed E-state index contributed by atoms with van der Waals surface area (Å²) in [4.78, 5) is 24.0. The van der Waals surface area contributed by atoms with Crippen molar-refractivity contribution in [2.75, 3.05) is 32.3 Å². The Hall–Kier alpha value is -2.29. The number of esters is 1. The molecule has 1 N–H and O–H groups in total. The normalized spacial score (nSPS) is 21.4. The lowest BCUT2D eigenvalue weighted by Crippen LogP contribution is -2.48. The number of hydrogen-bond acceptors (Lipinski definition) is 7. The minimum atomic E-state index is -3.14. The number of rotatable bonds is 6. The molecule has 0 radical (unpaired) electrons. The molecule has 1 aliphatic rings. The molecule has 25 heavy (non-hydrogen) atoms. The summed E-state index contributed by atoms with van der Waals surface area (Å²) < 4.78 is 38.2. The molecule has 1 saturated heterocycles. The van der Waals surface area contributed by atoms with Crippen molar-refractivity contribution in [2.45, 2.75) is 18.9 Å². The zero-order valence-electron chi connectivity index (χ0n) is 14.3. The first-order valence-corrected chi connectivity index (χ1v) is 9.41. The molecular weight excluding hydrogens is 350 g/mol. The Morgan fingerprint density at radius 3 is 2.44 bits per heavy atom. The Labute approximate surface area is 146 Å². The second-order valence-corrected chi connectivity index (χ2v) is 8.28. The molecular formula is C16H21NO7S. The molecule has 1 aliphatic heterocycles. The fourth-order valence-corrected chi connectivity index (χ4v) is 4.75. The van der Waals surface area contributed by atoms with Gasteiger partial charge in [-0.05, 0) is 31.5 Å². The van der Waals surface area contributed by atoms with Crippen LogP contribution in [-0.2, 0) is 19.4 Å². The van der Waals surface area contributed by atoms with E-state index in [0.29, 0.717) is 17.9 Å². The van der Waals surface area contributed by atoms with Crippen LogP contribution in [0.1, 0.15) is 23.7 Å². The van der Waals surface area contributed by atoms with E-state index in [0.717, 1.165) is 0 Å². The van der Waals surface area contributed by atoms with Gasteiger partial charge in [-0.15, -0.1) is 0 Å². The van der Waals surface area contributed by atoms with Crippen LogP contribution in [0.15, 0.2) is 18.2 Å². The number of benzene rings is 1. The standard InChI is InChI=1S/C16H21NO7S/c1-16(6-7-25(20,21)10-16)17-14(18)9-24-15(19)11-4-5-12(22-2)13(8-11)23-3/h4-5,8H,6-7,9-10H2,1-3H3,(H,17,18)/t16-/m1/s1. The van der Waals surface area contributed by atoms with Gasteiger partial charge in [0.25, 0.3) is 5.91 Å². The van der Waals surface area contributed by atoms with Crippen LogP contribution in [0.2, 0.25) is 0 Å². The molecule has 2 rings (SSSR count). The largest absolute Gasteiger partial charge is 0.493 e. The number of hydrogen-bond donors (Lipinski definition) is 1. The number of carbonyl (C=O) groups is 2. The van der Waals surface area contributed by atoms with Gasteiger partial charge >= 0.3 is 5.97 Å². The first-order chi connectivity index (χ1) is 11.7. The molecule has 0 saturated carbocycles. The van der Waals surface area contributed by atoms with Crippen LogP contribution in [0, 0.1) is 0 Å². The van der Waals surface area contributed by atoms with Crippen LogP contribution in [0.25, 0.3) is 0 Å². The van der Waals surface area contributed by atoms with E-state index in [1.54, 1.807) is 13.0 Å². The van der Waals surface area contributed by atoms with E-state index in [1.807, 2.05) is 0 Å². The Morgan fingerprint density at radius 2 is 1.88 bits per heavy atom. The maximum Gasteiger partial charge on any atom is 0.338 e. The highest BCUT2D eigenvalue weighted by molar-refractivity contribution is 7.91. The summed E-state index contributed by atoms with van der Waals surface area (Å²) in [7, 11) is -0.219. The van der Waals surface area contributed by atoms with E-state index < -0.39 is 33.9 Å². The van der Waals surface area contributed by atoms with Crippen molar-refractivity contribution in [3.63, 3.8) is 0 Å². The zero-order chi connectivity index (χ0) is 18.7. The summed E-state index contributed by atoms with van der Waals surface area (Å²) in [6, 6.07) is 4.50. The minimum Gasteiger partial charge on any atom is -0.493 e. The molecule has 1 heterocycles. The molecule has 0 bridgehead atoms. The van der Waals surface area contributed by atoms with Crippen LogP contribution in [0.3, 0.4) is 0 Å². The zero-order valence-corrected chi connectivity index (χ0v) is 15.1. The minimum absolute atomic E-state index is 0.0369. The van der Waals surface area contributed by atoms with E-state index in [1.165, 1.54) is 26.4 Å². The van der Waals surface area contributed by atoms with Gasteiger partial charge in [-0.1, -0.05) is 0 Å². The molecule has 0 unspecified atom stereocenters. The lowest BCUT2D eigenvalue weighted by atomic mass is 10.0. The summed E-state index contributed by atoms with van der Waals surface area (Å²) in [5, 5.41) is 2.62. The van der Waals surface area contributed by atoms with Crippen LogP contribution in [-0.4, -0.2) is 58.2 Å². The van der Waals surface area contributed by atoms with Gasteiger partial charge in [-0.25, -0.2) is 13.2 Å². The molecule has 8 nitrogen and oxygen atoms in total. The highest BCUT2D eigenvalue weighted by Gasteiger charge is 2.39. The Kier molecular flexibility index (Phi) is 5.56. The fourth-order valence-electron chi connectivity index (χ4n) is 2.66. The SMILES string of the molecule is COc1ccc(C(=O)OCC(=O)N[C@]2(C)CCS(=O)(=O)C2)cc1OC. The van der Waals surface area contributed by atoms with E-state index in [9.17, 15) is 18.0 Å². The third-order valence-electron chi connectivity index (χ3n) is 3.90. The van der Waals surface area contributed by atoms with E-state index in [4.69, 9.17) is 14.2 Å². The topological polar surface area (TPSA) is 108 Å². The average Bonchev–Trinajstić information content (AvgIpc) is 2.84. The Bertz CT molecular complexity index is 775. The third-order valence-corrected chi connectivity index (χ3v) is 5.80. The van der Waals surface area contributed by atoms with Gasteiger partial charge in [-0.2, -0.15) is 0 Å². The smallest absolute Gasteiger partial charge is 0.338 e. The predicted molar refractivity (Wildman–Crippen MR) is 89.6 cm³/mol. The van der Waals surface area contributed by atoms with E-state index >= 15 is 0 Å². The maximum atomic E-state index is 12.0. The Balaban J connectivity index is 1.92. The second-order valence-electron chi connectivity index (χ2n) is 6.10. The summed E-state index contributed by atoms with van der Waals surface area (Å²) in [5.41, 5.74) is -0.619. The van der Waals surface area contributed by atoms with Crippen molar-refractivity contribution < 1.29 is 32.2 Å². The summed E-state index contributed by atoms with van der Waals surface area (Å²) >= 11 is 0. The number of amides is 1. The molecule has 138 valence electrons. The molecule has 1 atom stereocenters. The van der Waals surface area contributed by atoms with Crippen molar-refractivity contribution in [1.29, 1.82) is 0 Å². The first kappa shape index (κ1) is 19.0. The lowest BCUT2D eigenvalue weighted by Gasteiger charge is -2.23. The van der Waals surface area contributed by atoms with E-state index in [2.05, 4.69) is 5.32 Å². The van der Waals surface area contributed by atoms with Crippen LogP contribution in [0.5, 0.6) is 11.5 Å². The van der Waals surface area contributed by atoms with Crippen molar-refractivity contribution in [1.82, 2.24) is 5.32 Å². The number of nitrogens with one attached hydrogen (secondary N) is 1. The van der Waals surface area contributed by atoms with Gasteiger partial charge in [0.15, 0.2) is 27.9 Å². The molecule has 9 heteroatoms. The second kappa shape index (κ2) is 7.30. The van der Waals surface area contributed by atoms with Crippen LogP contribution < -0.4 is 14.8 Å². The molecule has 1 aromatic carbocycles. The quantitative estimate of drug-likeness (QED) is 0.728. The molecule has 1 aromatic rings. The van der Waals surface area contributed by atoms with Crippen LogP contribution >= 0.6 is 0 Å². The molecule has 0 spiro atoms. The van der Waals surface area contributed by atoms with Gasteiger partial charge in [-0.3, -0.25) is 4.79 Å². The molecule has 1 amide bonds. The van der Waals surface area contributed by atoms with Crippen molar-refractivity contribution >= 4 is 21.7 Å². The number of ether oxygens (including phenoxy) is 3. The third kappa shape index (κ3) is 4.85. The van der Waals surface area contributed by atoms with Gasteiger partial charge in [0.1, 0.15) is 0 Å². The predicted octanol–water partition coefficient (Wildman–Crippen LogP) is 0.554. The van der Waals surface area contributed by atoms with Crippen molar-refractivity contribution in [3.8, 4) is 11.5 Å². The Morgan fingerprint density at radius 1 is 1.20 bits per heavy atom. The van der Waals surface area contributed by atoms with E-state index in [-0.39, 0.29) is 17.1 Å². The molecule has 0 aliphatic carbocycles. The lowest BCUT2D eigenvalue weighted by molar-refractivity contribution is -0.125. The summed E-state index contributed by atoms with van der Waals surface area (Å²) in [6.07, 6.45) is 0.338. The monoisotopic (exact) mass is 371 g/mol. The highest BCUT2D eigenvalue weighted by Crippen LogP contribution is 2.27. The number of sulfone groups is 1. The van der Waals surface area contributed by atoms with Gasteiger partial charge in [0, 0.05) is 0 Å². The fraction of sp³-hybridized carbons (Fsp3) is 0.500. The van der Waals surface area contributed by atoms with Crippen molar-refractivity contribution in [2.24, 2.45) is 0 Å². The van der Waals surface area contributed by atoms with Gasteiger partial charge in [0.2, 0.25) is 0 Å². The summed E-state index contributed by atoms with van der Waals surface area (Å²) in [5.74, 6) is -0.490. The molecule has 0 aromatic heterocycles. The molecule has 1 fully saturated rings.